The third-order valence-electron chi connectivity index (χ3n) is 3.08. The maximum Gasteiger partial charge on any atom is 0.334 e. The van der Waals surface area contributed by atoms with Crippen LogP contribution in [0, 0.1) is 0 Å². The van der Waals surface area contributed by atoms with Crippen molar-refractivity contribution in [3.8, 4) is 0 Å². The number of rotatable bonds is 11. The van der Waals surface area contributed by atoms with Crippen molar-refractivity contribution in [2.24, 2.45) is 0 Å². The fourth-order valence-electron chi connectivity index (χ4n) is 1.82. The number of carbonyl (C=O) groups is 2. The fraction of sp³-hybridized carbons (Fsp3) is 0.562. The highest BCUT2D eigenvalue weighted by Gasteiger charge is 2.15. The van der Waals surface area contributed by atoms with Gasteiger partial charge in [-0.2, -0.15) is 5.16 Å². The van der Waals surface area contributed by atoms with Crippen molar-refractivity contribution in [3.05, 3.63) is 34.3 Å². The highest BCUT2D eigenvalue weighted by atomic mass is 16.6. The molecule has 0 aromatic carbocycles. The van der Waals surface area contributed by atoms with Crippen LogP contribution in [-0.2, 0) is 25.7 Å². The lowest BCUT2D eigenvalue weighted by Crippen LogP contribution is -2.13. The second-order valence-corrected chi connectivity index (χ2v) is 5.17. The highest BCUT2D eigenvalue weighted by Crippen LogP contribution is 2.07. The first kappa shape index (κ1) is 18.7. The number of unbranched alkanes of at least 4 members (excludes halogenated alkanes) is 4. The smallest absolute Gasteiger partial charge is 0.334 e. The monoisotopic (exact) mass is 325 g/mol. The van der Waals surface area contributed by atoms with Gasteiger partial charge in [-0.25, -0.2) is 4.79 Å². The molecule has 7 nitrogen and oxygen atoms in total. The molecule has 0 bridgehead atoms. The Morgan fingerprint density at radius 2 is 1.96 bits per heavy atom. The van der Waals surface area contributed by atoms with Crippen molar-refractivity contribution < 1.29 is 23.6 Å². The van der Waals surface area contributed by atoms with E-state index in [1.807, 2.05) is 0 Å². The van der Waals surface area contributed by atoms with Crippen LogP contribution in [0.15, 0.2) is 27.5 Å². The molecule has 7 heteroatoms. The molecule has 0 radical (unpaired) electrons. The molecule has 0 atom stereocenters. The quantitative estimate of drug-likeness (QED) is 0.381. The molecule has 0 spiro atoms. The summed E-state index contributed by atoms with van der Waals surface area (Å²) in [5.74, 6) is -1.05. The molecular weight excluding hydrogens is 302 g/mol. The zero-order valence-corrected chi connectivity index (χ0v) is 13.4. The number of aromatic amines is 1. The van der Waals surface area contributed by atoms with Gasteiger partial charge in [0, 0.05) is 5.57 Å². The zero-order valence-electron chi connectivity index (χ0n) is 13.4. The molecule has 1 heterocycles. The van der Waals surface area contributed by atoms with Crippen LogP contribution < -0.4 is 5.56 Å². The molecule has 0 aliphatic carbocycles. The number of carbonyl (C=O) groups excluding carboxylic acids is 2. The summed E-state index contributed by atoms with van der Waals surface area (Å²) in [6.07, 6.45) is 5.08. The number of hydrogen-bond acceptors (Lipinski definition) is 6. The van der Waals surface area contributed by atoms with Crippen molar-refractivity contribution in [1.29, 1.82) is 0 Å². The van der Waals surface area contributed by atoms with E-state index in [0.29, 0.717) is 6.61 Å². The maximum atomic E-state index is 11.6. The van der Waals surface area contributed by atoms with E-state index in [-0.39, 0.29) is 24.4 Å². The summed E-state index contributed by atoms with van der Waals surface area (Å²) < 4.78 is 14.6. The number of nitrogens with one attached hydrogen (secondary N) is 1. The number of hydrogen-bond donors (Lipinski definition) is 1. The Kier molecular flexibility index (Phi) is 8.49. The van der Waals surface area contributed by atoms with Crippen molar-refractivity contribution in [3.63, 3.8) is 0 Å². The molecule has 23 heavy (non-hydrogen) atoms. The summed E-state index contributed by atoms with van der Waals surface area (Å²) in [6.45, 7) is 5.78. The normalized spacial score (nSPS) is 10.3. The molecule has 1 aromatic rings. The van der Waals surface area contributed by atoms with Crippen LogP contribution in [0.4, 0.5) is 0 Å². The van der Waals surface area contributed by atoms with Crippen molar-refractivity contribution in [1.82, 2.24) is 5.16 Å². The van der Waals surface area contributed by atoms with Crippen LogP contribution in [0.3, 0.4) is 0 Å². The Balaban J connectivity index is 2.17. The topological polar surface area (TPSA) is 98.6 Å². The first-order chi connectivity index (χ1) is 11.0. The molecule has 1 rings (SSSR count). The van der Waals surface area contributed by atoms with E-state index in [9.17, 15) is 14.4 Å². The van der Waals surface area contributed by atoms with Gasteiger partial charge in [-0.1, -0.05) is 39.2 Å². The highest BCUT2D eigenvalue weighted by molar-refractivity contribution is 5.93. The molecule has 0 aliphatic heterocycles. The first-order valence-electron chi connectivity index (χ1n) is 7.70. The molecule has 0 unspecified atom stereocenters. The second-order valence-electron chi connectivity index (χ2n) is 5.17. The predicted molar refractivity (Wildman–Crippen MR) is 82.6 cm³/mol. The van der Waals surface area contributed by atoms with E-state index in [0.717, 1.165) is 25.7 Å². The van der Waals surface area contributed by atoms with Gasteiger partial charge in [0.1, 0.15) is 0 Å². The molecule has 0 amide bonds. The minimum Gasteiger partial charge on any atom is -0.465 e. The van der Waals surface area contributed by atoms with Crippen molar-refractivity contribution in [2.75, 3.05) is 6.61 Å². The molecule has 0 fully saturated rings. The summed E-state index contributed by atoms with van der Waals surface area (Å²) in [4.78, 5) is 34.0. The molecular formula is C16H23NO6. The molecule has 1 aromatic heterocycles. The standard InChI is InChI=1S/C16H23NO6/c1-3-4-5-6-7-8-21-15(19)9-12(2)16(20)22-11-13-10-14(18)17-23-13/h10H,2-9,11H2,1H3,(H,17,18). The van der Waals surface area contributed by atoms with Gasteiger partial charge in [-0.05, 0) is 6.42 Å². The average molecular weight is 325 g/mol. The minimum atomic E-state index is -0.728. The Hall–Kier alpha value is -2.31. The molecule has 128 valence electrons. The Morgan fingerprint density at radius 1 is 1.22 bits per heavy atom. The maximum absolute atomic E-state index is 11.6. The second kappa shape index (κ2) is 10.4. The lowest BCUT2D eigenvalue weighted by atomic mass is 10.2. The van der Waals surface area contributed by atoms with Crippen LogP contribution in [0.5, 0.6) is 0 Å². The van der Waals surface area contributed by atoms with Crippen LogP contribution in [-0.4, -0.2) is 23.7 Å². The fourth-order valence-corrected chi connectivity index (χ4v) is 1.82. The van der Waals surface area contributed by atoms with Gasteiger partial charge >= 0.3 is 11.9 Å². The van der Waals surface area contributed by atoms with E-state index in [4.69, 9.17) is 14.0 Å². The predicted octanol–water partition coefficient (Wildman–Crippen LogP) is 2.47. The SMILES string of the molecule is C=C(CC(=O)OCCCCCCC)C(=O)OCc1cc(=O)[nH]o1. The number of aromatic nitrogens is 1. The van der Waals surface area contributed by atoms with Gasteiger partial charge in [0.2, 0.25) is 0 Å². The third-order valence-corrected chi connectivity index (χ3v) is 3.08. The lowest BCUT2D eigenvalue weighted by Gasteiger charge is -2.07. The van der Waals surface area contributed by atoms with Gasteiger partial charge in [-0.15, -0.1) is 0 Å². The third kappa shape index (κ3) is 8.04. The molecule has 0 aliphatic rings. The zero-order chi connectivity index (χ0) is 17.1. The number of H-pyrrole nitrogens is 1. The lowest BCUT2D eigenvalue weighted by molar-refractivity contribution is -0.147. The van der Waals surface area contributed by atoms with Gasteiger partial charge in [-0.3, -0.25) is 9.59 Å². The van der Waals surface area contributed by atoms with Crippen LogP contribution >= 0.6 is 0 Å². The largest absolute Gasteiger partial charge is 0.465 e. The van der Waals surface area contributed by atoms with Crippen molar-refractivity contribution >= 4 is 11.9 Å². The molecule has 0 saturated heterocycles. The van der Waals surface area contributed by atoms with Crippen LogP contribution in [0.1, 0.15) is 51.2 Å². The van der Waals surface area contributed by atoms with Gasteiger partial charge in [0.05, 0.1) is 19.1 Å². The minimum absolute atomic E-state index is 0.00105. The Morgan fingerprint density at radius 3 is 2.61 bits per heavy atom. The summed E-state index contributed by atoms with van der Waals surface area (Å²) in [7, 11) is 0. The van der Waals surface area contributed by atoms with Crippen LogP contribution in [0.2, 0.25) is 0 Å². The Bertz CT molecular complexity index is 571. The van der Waals surface area contributed by atoms with E-state index >= 15 is 0 Å². The summed E-state index contributed by atoms with van der Waals surface area (Å²) in [5, 5.41) is 2.08. The number of esters is 2. The van der Waals surface area contributed by atoms with Gasteiger partial charge in [0.15, 0.2) is 12.4 Å². The molecule has 0 saturated carbocycles. The van der Waals surface area contributed by atoms with Crippen LogP contribution in [0.25, 0.3) is 0 Å². The van der Waals surface area contributed by atoms with E-state index in [1.165, 1.54) is 12.5 Å². The van der Waals surface area contributed by atoms with Gasteiger partial charge in [0.25, 0.3) is 5.56 Å². The van der Waals surface area contributed by atoms with E-state index in [1.54, 1.807) is 0 Å². The summed E-state index contributed by atoms with van der Waals surface area (Å²) >= 11 is 0. The van der Waals surface area contributed by atoms with Gasteiger partial charge < -0.3 is 14.0 Å². The first-order valence-corrected chi connectivity index (χ1v) is 7.70. The summed E-state index contributed by atoms with van der Waals surface area (Å²) in [6, 6.07) is 1.17. The van der Waals surface area contributed by atoms with Crippen molar-refractivity contribution in [2.45, 2.75) is 52.1 Å². The van der Waals surface area contributed by atoms with E-state index in [2.05, 4.69) is 18.7 Å². The Labute approximate surface area is 134 Å². The molecule has 1 N–H and O–H groups in total. The van der Waals surface area contributed by atoms with E-state index < -0.39 is 17.5 Å². The summed E-state index contributed by atoms with van der Waals surface area (Å²) in [5.41, 5.74) is -0.420. The average Bonchev–Trinajstić information content (AvgIpc) is 2.93. The number of ether oxygens (including phenoxy) is 2.